The summed E-state index contributed by atoms with van der Waals surface area (Å²) in [7, 11) is 0. The zero-order valence-corrected chi connectivity index (χ0v) is 9.49. The molecule has 0 rings (SSSR count). The van der Waals surface area contributed by atoms with Gasteiger partial charge in [-0.25, -0.2) is 0 Å². The molecule has 84 valence electrons. The molecule has 0 aliphatic carbocycles. The highest BCUT2D eigenvalue weighted by atomic mass is 16.5. The number of ether oxygens (including phenoxy) is 1. The minimum absolute atomic E-state index is 0.0575. The lowest BCUT2D eigenvalue weighted by molar-refractivity contribution is -0.149. The Morgan fingerprint density at radius 1 is 1.43 bits per heavy atom. The second-order valence-corrected chi connectivity index (χ2v) is 3.48. The number of hydrogen-bond donors (Lipinski definition) is 1. The van der Waals surface area contributed by atoms with Crippen molar-refractivity contribution in [2.75, 3.05) is 19.8 Å². The molecule has 0 aliphatic heterocycles. The van der Waals surface area contributed by atoms with Gasteiger partial charge in [0.15, 0.2) is 0 Å². The van der Waals surface area contributed by atoms with E-state index in [-0.39, 0.29) is 24.7 Å². The molecule has 0 aromatic carbocycles. The standard InChI is InChI=1S/C10H21NO3/c1-5-14-10(13)9(4)11(6-7-12)8(2)3/h8-9,12H,5-7H2,1-4H3. The van der Waals surface area contributed by atoms with Crippen LogP contribution in [0.15, 0.2) is 0 Å². The topological polar surface area (TPSA) is 49.8 Å². The van der Waals surface area contributed by atoms with E-state index >= 15 is 0 Å². The highest BCUT2D eigenvalue weighted by Crippen LogP contribution is 2.06. The molecule has 0 saturated carbocycles. The molecule has 1 unspecified atom stereocenters. The van der Waals surface area contributed by atoms with Crippen molar-refractivity contribution in [2.45, 2.75) is 39.8 Å². The fraction of sp³-hybridized carbons (Fsp3) is 0.900. The minimum Gasteiger partial charge on any atom is -0.465 e. The summed E-state index contributed by atoms with van der Waals surface area (Å²) in [6.45, 7) is 8.52. The molecule has 0 amide bonds. The number of nitrogens with zero attached hydrogens (tertiary/aromatic N) is 1. The summed E-state index contributed by atoms with van der Waals surface area (Å²) in [5, 5.41) is 8.85. The number of rotatable bonds is 6. The fourth-order valence-corrected chi connectivity index (χ4v) is 1.41. The second kappa shape index (κ2) is 6.79. The van der Waals surface area contributed by atoms with Crippen LogP contribution in [0.4, 0.5) is 0 Å². The largest absolute Gasteiger partial charge is 0.465 e. The van der Waals surface area contributed by atoms with Crippen LogP contribution in [0.3, 0.4) is 0 Å². The molecule has 0 radical (unpaired) electrons. The van der Waals surface area contributed by atoms with Gasteiger partial charge >= 0.3 is 5.97 Å². The maximum absolute atomic E-state index is 11.4. The van der Waals surface area contributed by atoms with Gasteiger partial charge in [0.2, 0.25) is 0 Å². The van der Waals surface area contributed by atoms with Crippen LogP contribution in [0.1, 0.15) is 27.7 Å². The van der Waals surface area contributed by atoms with Crippen molar-refractivity contribution in [3.8, 4) is 0 Å². The smallest absolute Gasteiger partial charge is 0.323 e. The molecule has 0 aliphatic rings. The molecule has 0 heterocycles. The maximum Gasteiger partial charge on any atom is 0.323 e. The summed E-state index contributed by atoms with van der Waals surface area (Å²) in [6, 6.07) is -0.0661. The van der Waals surface area contributed by atoms with E-state index in [1.165, 1.54) is 0 Å². The molecule has 0 spiro atoms. The Morgan fingerprint density at radius 2 is 2.00 bits per heavy atom. The normalized spacial score (nSPS) is 13.4. The number of esters is 1. The molecule has 4 heteroatoms. The van der Waals surface area contributed by atoms with Gasteiger partial charge in [-0.05, 0) is 27.7 Å². The molecule has 0 bridgehead atoms. The third-order valence-electron chi connectivity index (χ3n) is 2.15. The Kier molecular flexibility index (Phi) is 6.49. The number of carbonyl (C=O) groups is 1. The molecular formula is C10H21NO3. The van der Waals surface area contributed by atoms with Crippen LogP contribution < -0.4 is 0 Å². The molecule has 0 aromatic heterocycles. The van der Waals surface area contributed by atoms with Crippen LogP contribution in [0.2, 0.25) is 0 Å². The van der Waals surface area contributed by atoms with E-state index < -0.39 is 0 Å². The zero-order chi connectivity index (χ0) is 11.1. The summed E-state index contributed by atoms with van der Waals surface area (Å²) in [4.78, 5) is 13.3. The molecule has 0 aromatic rings. The van der Waals surface area contributed by atoms with Crippen LogP contribution >= 0.6 is 0 Å². The van der Waals surface area contributed by atoms with Crippen molar-refractivity contribution in [3.05, 3.63) is 0 Å². The van der Waals surface area contributed by atoms with Gasteiger partial charge in [0.25, 0.3) is 0 Å². The highest BCUT2D eigenvalue weighted by molar-refractivity contribution is 5.75. The number of aliphatic hydroxyl groups excluding tert-OH is 1. The van der Waals surface area contributed by atoms with Crippen LogP contribution in [0, 0.1) is 0 Å². The van der Waals surface area contributed by atoms with Gasteiger partial charge in [0, 0.05) is 12.6 Å². The van der Waals surface area contributed by atoms with Crippen LogP contribution in [-0.2, 0) is 9.53 Å². The van der Waals surface area contributed by atoms with E-state index in [4.69, 9.17) is 9.84 Å². The van der Waals surface area contributed by atoms with Crippen molar-refractivity contribution in [3.63, 3.8) is 0 Å². The first kappa shape index (κ1) is 13.4. The van der Waals surface area contributed by atoms with Gasteiger partial charge in [0.1, 0.15) is 6.04 Å². The Labute approximate surface area is 85.9 Å². The Bertz CT molecular complexity index is 171. The summed E-state index contributed by atoms with van der Waals surface area (Å²) in [5.41, 5.74) is 0. The first-order chi connectivity index (χ1) is 6.54. The summed E-state index contributed by atoms with van der Waals surface area (Å²) in [5.74, 6) is -0.227. The molecule has 1 atom stereocenters. The van der Waals surface area contributed by atoms with E-state index in [9.17, 15) is 4.79 Å². The first-order valence-corrected chi connectivity index (χ1v) is 5.07. The Morgan fingerprint density at radius 3 is 2.36 bits per heavy atom. The van der Waals surface area contributed by atoms with E-state index in [1.807, 2.05) is 18.7 Å². The van der Waals surface area contributed by atoms with Crippen LogP contribution in [0.5, 0.6) is 0 Å². The number of hydrogen-bond acceptors (Lipinski definition) is 4. The SMILES string of the molecule is CCOC(=O)C(C)N(CCO)C(C)C. The molecule has 0 fully saturated rings. The fourth-order valence-electron chi connectivity index (χ4n) is 1.41. The second-order valence-electron chi connectivity index (χ2n) is 3.48. The molecular weight excluding hydrogens is 182 g/mol. The van der Waals surface area contributed by atoms with E-state index in [0.717, 1.165) is 0 Å². The predicted octanol–water partition coefficient (Wildman–Crippen LogP) is 0.641. The average Bonchev–Trinajstić information content (AvgIpc) is 2.13. The van der Waals surface area contributed by atoms with Crippen molar-refractivity contribution in [1.82, 2.24) is 4.90 Å². The van der Waals surface area contributed by atoms with E-state index in [1.54, 1.807) is 13.8 Å². The van der Waals surface area contributed by atoms with Crippen molar-refractivity contribution < 1.29 is 14.6 Å². The summed E-state index contributed by atoms with van der Waals surface area (Å²) >= 11 is 0. The third kappa shape index (κ3) is 4.07. The molecule has 0 saturated heterocycles. The van der Waals surface area contributed by atoms with Crippen molar-refractivity contribution in [1.29, 1.82) is 0 Å². The lowest BCUT2D eigenvalue weighted by atomic mass is 10.2. The van der Waals surface area contributed by atoms with Crippen LogP contribution in [0.25, 0.3) is 0 Å². The van der Waals surface area contributed by atoms with Crippen LogP contribution in [-0.4, -0.2) is 47.8 Å². The third-order valence-corrected chi connectivity index (χ3v) is 2.15. The van der Waals surface area contributed by atoms with Gasteiger partial charge in [-0.1, -0.05) is 0 Å². The van der Waals surface area contributed by atoms with E-state index in [0.29, 0.717) is 13.2 Å². The monoisotopic (exact) mass is 203 g/mol. The quantitative estimate of drug-likeness (QED) is 0.644. The van der Waals surface area contributed by atoms with E-state index in [2.05, 4.69) is 0 Å². The van der Waals surface area contributed by atoms with Gasteiger partial charge in [-0.3, -0.25) is 9.69 Å². The molecule has 4 nitrogen and oxygen atoms in total. The van der Waals surface area contributed by atoms with Gasteiger partial charge in [0.05, 0.1) is 13.2 Å². The highest BCUT2D eigenvalue weighted by Gasteiger charge is 2.23. The zero-order valence-electron chi connectivity index (χ0n) is 9.49. The molecule has 1 N–H and O–H groups in total. The lowest BCUT2D eigenvalue weighted by Crippen LogP contribution is -2.45. The summed E-state index contributed by atoms with van der Waals surface area (Å²) in [6.07, 6.45) is 0. The number of aliphatic hydroxyl groups is 1. The lowest BCUT2D eigenvalue weighted by Gasteiger charge is -2.30. The Hall–Kier alpha value is -0.610. The van der Waals surface area contributed by atoms with Crippen molar-refractivity contribution >= 4 is 5.97 Å². The average molecular weight is 203 g/mol. The first-order valence-electron chi connectivity index (χ1n) is 5.07. The number of carbonyl (C=O) groups excluding carboxylic acids is 1. The molecule has 14 heavy (non-hydrogen) atoms. The summed E-state index contributed by atoms with van der Waals surface area (Å²) < 4.78 is 4.92. The minimum atomic E-state index is -0.290. The van der Waals surface area contributed by atoms with Gasteiger partial charge in [-0.15, -0.1) is 0 Å². The van der Waals surface area contributed by atoms with Crippen molar-refractivity contribution in [2.24, 2.45) is 0 Å². The van der Waals surface area contributed by atoms with Gasteiger partial charge in [-0.2, -0.15) is 0 Å². The Balaban J connectivity index is 4.26. The predicted molar refractivity (Wildman–Crippen MR) is 55.0 cm³/mol. The van der Waals surface area contributed by atoms with Gasteiger partial charge < -0.3 is 9.84 Å². The maximum atomic E-state index is 11.4.